The second-order valence-electron chi connectivity index (χ2n) is 6.52. The minimum atomic E-state index is -0.367. The number of aryl methyl sites for hydroxylation is 1. The summed E-state index contributed by atoms with van der Waals surface area (Å²) in [5.41, 5.74) is 2.13. The smallest absolute Gasteiger partial charge is 0.253 e. The summed E-state index contributed by atoms with van der Waals surface area (Å²) in [6, 6.07) is 10.9. The van der Waals surface area contributed by atoms with Crippen molar-refractivity contribution in [3.63, 3.8) is 0 Å². The van der Waals surface area contributed by atoms with E-state index >= 15 is 0 Å². The molecule has 0 radical (unpaired) electrons. The highest BCUT2D eigenvalue weighted by Gasteiger charge is 2.28. The minimum absolute atomic E-state index is 0.0516. The molecule has 1 fully saturated rings. The Hall–Kier alpha value is -2.40. The molecule has 2 amide bonds. The van der Waals surface area contributed by atoms with Crippen LogP contribution in [-0.4, -0.2) is 29.8 Å². The number of hydrogen-bond donors (Lipinski definition) is 1. The van der Waals surface area contributed by atoms with Crippen LogP contribution >= 0.6 is 11.6 Å². The molecule has 6 heteroatoms. The van der Waals surface area contributed by atoms with E-state index in [1.165, 1.54) is 24.3 Å². The maximum absolute atomic E-state index is 13.0. The number of nitrogens with one attached hydrogen (secondary N) is 1. The SMILES string of the molecule is Cc1ccc(Cl)cc1NC(=O)C1CCN(C(=O)c2ccc(F)cc2)CC1. The second kappa shape index (κ2) is 7.87. The largest absolute Gasteiger partial charge is 0.339 e. The molecule has 4 nitrogen and oxygen atoms in total. The number of hydrogen-bond acceptors (Lipinski definition) is 2. The van der Waals surface area contributed by atoms with Gasteiger partial charge < -0.3 is 10.2 Å². The first-order chi connectivity index (χ1) is 12.4. The number of likely N-dealkylation sites (tertiary alicyclic amines) is 1. The minimum Gasteiger partial charge on any atom is -0.339 e. The zero-order valence-electron chi connectivity index (χ0n) is 14.5. The molecule has 0 aromatic heterocycles. The van der Waals surface area contributed by atoms with Crippen LogP contribution in [0.1, 0.15) is 28.8 Å². The van der Waals surface area contributed by atoms with E-state index < -0.39 is 0 Å². The first-order valence-corrected chi connectivity index (χ1v) is 8.93. The van der Waals surface area contributed by atoms with Gasteiger partial charge in [-0.2, -0.15) is 0 Å². The fraction of sp³-hybridized carbons (Fsp3) is 0.300. The Morgan fingerprint density at radius 3 is 2.42 bits per heavy atom. The summed E-state index contributed by atoms with van der Waals surface area (Å²) >= 11 is 5.99. The molecule has 1 N–H and O–H groups in total. The molecule has 2 aromatic rings. The summed E-state index contributed by atoms with van der Waals surface area (Å²) in [5, 5.41) is 3.51. The highest BCUT2D eigenvalue weighted by Crippen LogP contribution is 2.24. The van der Waals surface area contributed by atoms with E-state index in [-0.39, 0.29) is 23.5 Å². The van der Waals surface area contributed by atoms with Crippen LogP contribution < -0.4 is 5.32 Å². The third kappa shape index (κ3) is 4.22. The van der Waals surface area contributed by atoms with Gasteiger partial charge in [0.05, 0.1) is 0 Å². The number of benzene rings is 2. The molecule has 0 atom stereocenters. The Bertz CT molecular complexity index is 815. The molecule has 3 rings (SSSR count). The predicted octanol–water partition coefficient (Wildman–Crippen LogP) is 4.28. The molecule has 1 heterocycles. The molecule has 1 saturated heterocycles. The number of carbonyl (C=O) groups excluding carboxylic acids is 2. The van der Waals surface area contributed by atoms with Gasteiger partial charge in [-0.05, 0) is 61.7 Å². The highest BCUT2D eigenvalue weighted by atomic mass is 35.5. The molecule has 1 aliphatic rings. The van der Waals surface area contributed by atoms with E-state index in [1.54, 1.807) is 17.0 Å². The lowest BCUT2D eigenvalue weighted by molar-refractivity contribution is -0.121. The van der Waals surface area contributed by atoms with Crippen molar-refractivity contribution in [2.45, 2.75) is 19.8 Å². The monoisotopic (exact) mass is 374 g/mol. The van der Waals surface area contributed by atoms with Crippen LogP contribution in [0.15, 0.2) is 42.5 Å². The Morgan fingerprint density at radius 2 is 1.77 bits per heavy atom. The number of anilines is 1. The van der Waals surface area contributed by atoms with Gasteiger partial charge in [0.15, 0.2) is 0 Å². The predicted molar refractivity (Wildman–Crippen MR) is 99.8 cm³/mol. The third-order valence-corrected chi connectivity index (χ3v) is 4.94. The fourth-order valence-corrected chi connectivity index (χ4v) is 3.26. The maximum Gasteiger partial charge on any atom is 0.253 e. The standard InChI is InChI=1S/C20H20ClFN2O2/c1-13-2-5-16(21)12-18(13)23-19(25)14-8-10-24(11-9-14)20(26)15-3-6-17(22)7-4-15/h2-7,12,14H,8-11H2,1H3,(H,23,25). The summed E-state index contributed by atoms with van der Waals surface area (Å²) in [5.74, 6) is -0.697. The molecule has 26 heavy (non-hydrogen) atoms. The number of halogens is 2. The topological polar surface area (TPSA) is 49.4 Å². The highest BCUT2D eigenvalue weighted by molar-refractivity contribution is 6.31. The van der Waals surface area contributed by atoms with Gasteiger partial charge in [-0.25, -0.2) is 4.39 Å². The zero-order chi connectivity index (χ0) is 18.7. The van der Waals surface area contributed by atoms with Gasteiger partial charge in [0.1, 0.15) is 5.82 Å². The Morgan fingerprint density at radius 1 is 1.12 bits per heavy atom. The molecule has 136 valence electrons. The van der Waals surface area contributed by atoms with Crippen molar-refractivity contribution in [1.29, 1.82) is 0 Å². The average Bonchev–Trinajstić information content (AvgIpc) is 2.65. The van der Waals surface area contributed by atoms with Gasteiger partial charge >= 0.3 is 0 Å². The quantitative estimate of drug-likeness (QED) is 0.871. The van der Waals surface area contributed by atoms with Crippen LogP contribution in [0.3, 0.4) is 0 Å². The lowest BCUT2D eigenvalue weighted by Crippen LogP contribution is -2.41. The van der Waals surface area contributed by atoms with E-state index in [1.807, 2.05) is 13.0 Å². The van der Waals surface area contributed by atoms with Crippen LogP contribution in [0.25, 0.3) is 0 Å². The van der Waals surface area contributed by atoms with Gasteiger partial charge in [-0.3, -0.25) is 9.59 Å². The summed E-state index contributed by atoms with van der Waals surface area (Å²) in [6.45, 7) is 2.92. The van der Waals surface area contributed by atoms with Crippen molar-refractivity contribution in [3.8, 4) is 0 Å². The van der Waals surface area contributed by atoms with Crippen LogP contribution in [0.2, 0.25) is 5.02 Å². The van der Waals surface area contributed by atoms with Crippen molar-refractivity contribution in [1.82, 2.24) is 4.90 Å². The van der Waals surface area contributed by atoms with E-state index in [9.17, 15) is 14.0 Å². The van der Waals surface area contributed by atoms with Gasteiger partial charge in [0, 0.05) is 35.3 Å². The Kier molecular flexibility index (Phi) is 5.57. The fourth-order valence-electron chi connectivity index (χ4n) is 3.08. The van der Waals surface area contributed by atoms with Crippen LogP contribution in [0.5, 0.6) is 0 Å². The molecule has 2 aromatic carbocycles. The lowest BCUT2D eigenvalue weighted by Gasteiger charge is -2.31. The van der Waals surface area contributed by atoms with Crippen molar-refractivity contribution in [2.75, 3.05) is 18.4 Å². The van der Waals surface area contributed by atoms with Gasteiger partial charge in [0.2, 0.25) is 5.91 Å². The van der Waals surface area contributed by atoms with Crippen LogP contribution in [-0.2, 0) is 4.79 Å². The van der Waals surface area contributed by atoms with Crippen LogP contribution in [0, 0.1) is 18.7 Å². The van der Waals surface area contributed by atoms with Crippen LogP contribution in [0.4, 0.5) is 10.1 Å². The molecule has 0 saturated carbocycles. The number of carbonyl (C=O) groups is 2. The van der Waals surface area contributed by atoms with Crippen molar-refractivity contribution >= 4 is 29.1 Å². The number of piperidine rings is 1. The first-order valence-electron chi connectivity index (χ1n) is 8.56. The maximum atomic E-state index is 13.0. The average molecular weight is 375 g/mol. The molecular weight excluding hydrogens is 355 g/mol. The number of amides is 2. The van der Waals surface area contributed by atoms with E-state index in [0.29, 0.717) is 42.2 Å². The summed E-state index contributed by atoms with van der Waals surface area (Å²) in [7, 11) is 0. The molecule has 0 bridgehead atoms. The second-order valence-corrected chi connectivity index (χ2v) is 6.96. The molecular formula is C20H20ClFN2O2. The van der Waals surface area contributed by atoms with Gasteiger partial charge in [-0.15, -0.1) is 0 Å². The zero-order valence-corrected chi connectivity index (χ0v) is 15.2. The number of nitrogens with zero attached hydrogens (tertiary/aromatic N) is 1. The molecule has 0 unspecified atom stereocenters. The van der Waals surface area contributed by atoms with E-state index in [2.05, 4.69) is 5.32 Å². The third-order valence-electron chi connectivity index (χ3n) is 4.70. The van der Waals surface area contributed by atoms with E-state index in [4.69, 9.17) is 11.6 Å². The molecule has 0 aliphatic carbocycles. The molecule has 1 aliphatic heterocycles. The Labute approximate surface area is 157 Å². The number of rotatable bonds is 3. The van der Waals surface area contributed by atoms with Gasteiger partial charge in [0.25, 0.3) is 5.91 Å². The van der Waals surface area contributed by atoms with Crippen molar-refractivity contribution in [3.05, 3.63) is 64.4 Å². The van der Waals surface area contributed by atoms with Crippen molar-refractivity contribution in [2.24, 2.45) is 5.92 Å². The van der Waals surface area contributed by atoms with Gasteiger partial charge in [-0.1, -0.05) is 17.7 Å². The summed E-state index contributed by atoms with van der Waals surface area (Å²) in [6.07, 6.45) is 1.19. The summed E-state index contributed by atoms with van der Waals surface area (Å²) in [4.78, 5) is 26.7. The summed E-state index contributed by atoms with van der Waals surface area (Å²) < 4.78 is 13.0. The lowest BCUT2D eigenvalue weighted by atomic mass is 9.95. The Balaban J connectivity index is 1.57. The normalized spacial score (nSPS) is 15.0. The molecule has 0 spiro atoms. The first kappa shape index (κ1) is 18.4. The van der Waals surface area contributed by atoms with E-state index in [0.717, 1.165) is 5.56 Å². The van der Waals surface area contributed by atoms with Crippen molar-refractivity contribution < 1.29 is 14.0 Å².